The molecular weight excluding hydrogens is 224 g/mol. The van der Waals surface area contributed by atoms with E-state index in [9.17, 15) is 5.11 Å². The van der Waals surface area contributed by atoms with Gasteiger partial charge in [-0.3, -0.25) is 0 Å². The number of nitrogens with one attached hydrogen (secondary N) is 1. The van der Waals surface area contributed by atoms with E-state index in [1.165, 1.54) is 0 Å². The Labute approximate surface area is 111 Å². The average Bonchev–Trinajstić information content (AvgIpc) is 2.39. The standard InChI is InChI=1S/C15H26N2O/c1-5-16-15(12-18,11-17(4)13(2)3)14-9-7-6-8-10-14/h6-10,13,16,18H,5,11-12H2,1-4H3. The lowest BCUT2D eigenvalue weighted by Crippen LogP contribution is -2.54. The molecule has 1 rings (SSSR count). The van der Waals surface area contributed by atoms with E-state index >= 15 is 0 Å². The van der Waals surface area contributed by atoms with Crippen LogP contribution in [-0.2, 0) is 5.54 Å². The third-order valence-corrected chi connectivity index (χ3v) is 3.51. The van der Waals surface area contributed by atoms with Gasteiger partial charge >= 0.3 is 0 Å². The number of hydrogen-bond donors (Lipinski definition) is 2. The van der Waals surface area contributed by atoms with Crippen LogP contribution in [0, 0.1) is 0 Å². The summed E-state index contributed by atoms with van der Waals surface area (Å²) in [6.07, 6.45) is 0. The van der Waals surface area contributed by atoms with Crippen LogP contribution in [0.5, 0.6) is 0 Å². The van der Waals surface area contributed by atoms with Crippen LogP contribution in [0.1, 0.15) is 26.3 Å². The summed E-state index contributed by atoms with van der Waals surface area (Å²) >= 11 is 0. The first kappa shape index (κ1) is 15.2. The van der Waals surface area contributed by atoms with E-state index in [1.54, 1.807) is 0 Å². The number of aliphatic hydroxyl groups excluding tert-OH is 1. The van der Waals surface area contributed by atoms with E-state index in [2.05, 4.69) is 50.2 Å². The molecular formula is C15H26N2O. The fourth-order valence-corrected chi connectivity index (χ4v) is 2.15. The summed E-state index contributed by atoms with van der Waals surface area (Å²) in [4.78, 5) is 2.26. The van der Waals surface area contributed by atoms with Crippen molar-refractivity contribution in [1.29, 1.82) is 0 Å². The van der Waals surface area contributed by atoms with Gasteiger partial charge in [-0.2, -0.15) is 0 Å². The maximum atomic E-state index is 9.90. The molecule has 1 aromatic carbocycles. The molecule has 0 heterocycles. The summed E-state index contributed by atoms with van der Waals surface area (Å²) in [6.45, 7) is 8.13. The highest BCUT2D eigenvalue weighted by atomic mass is 16.3. The van der Waals surface area contributed by atoms with Crippen molar-refractivity contribution in [3.63, 3.8) is 0 Å². The molecule has 18 heavy (non-hydrogen) atoms. The number of rotatable bonds is 7. The monoisotopic (exact) mass is 250 g/mol. The van der Waals surface area contributed by atoms with E-state index in [0.717, 1.165) is 18.7 Å². The molecule has 3 nitrogen and oxygen atoms in total. The van der Waals surface area contributed by atoms with Gasteiger partial charge in [0.05, 0.1) is 12.1 Å². The fraction of sp³-hybridized carbons (Fsp3) is 0.600. The van der Waals surface area contributed by atoms with Crippen molar-refractivity contribution < 1.29 is 5.11 Å². The van der Waals surface area contributed by atoms with Gasteiger partial charge in [0.15, 0.2) is 0 Å². The molecule has 0 fully saturated rings. The molecule has 0 radical (unpaired) electrons. The van der Waals surface area contributed by atoms with Gasteiger partial charge in [0, 0.05) is 12.6 Å². The molecule has 0 aliphatic carbocycles. The first-order valence-electron chi connectivity index (χ1n) is 6.67. The SMILES string of the molecule is CCNC(CO)(CN(C)C(C)C)c1ccccc1. The van der Waals surface area contributed by atoms with E-state index in [-0.39, 0.29) is 12.1 Å². The third kappa shape index (κ3) is 3.55. The molecule has 102 valence electrons. The molecule has 1 aromatic rings. The minimum Gasteiger partial charge on any atom is -0.394 e. The Balaban J connectivity index is 3.01. The second kappa shape index (κ2) is 6.88. The Morgan fingerprint density at radius 1 is 1.28 bits per heavy atom. The zero-order valence-corrected chi connectivity index (χ0v) is 12.0. The summed E-state index contributed by atoms with van der Waals surface area (Å²) in [5.41, 5.74) is 0.761. The molecule has 0 spiro atoms. The van der Waals surface area contributed by atoms with Crippen molar-refractivity contribution in [2.24, 2.45) is 0 Å². The highest BCUT2D eigenvalue weighted by Crippen LogP contribution is 2.22. The highest BCUT2D eigenvalue weighted by molar-refractivity contribution is 5.25. The highest BCUT2D eigenvalue weighted by Gasteiger charge is 2.32. The van der Waals surface area contributed by atoms with Crippen molar-refractivity contribution in [3.05, 3.63) is 35.9 Å². The van der Waals surface area contributed by atoms with Crippen LogP contribution < -0.4 is 5.32 Å². The number of hydrogen-bond acceptors (Lipinski definition) is 3. The predicted molar refractivity (Wildman–Crippen MR) is 76.6 cm³/mol. The number of likely N-dealkylation sites (N-methyl/N-ethyl adjacent to an activating group) is 2. The van der Waals surface area contributed by atoms with Crippen LogP contribution in [-0.4, -0.2) is 42.8 Å². The van der Waals surface area contributed by atoms with Crippen LogP contribution >= 0.6 is 0 Å². The lowest BCUT2D eigenvalue weighted by atomic mass is 9.89. The van der Waals surface area contributed by atoms with Crippen molar-refractivity contribution >= 4 is 0 Å². The molecule has 2 N–H and O–H groups in total. The van der Waals surface area contributed by atoms with Gasteiger partial charge in [0.25, 0.3) is 0 Å². The second-order valence-corrected chi connectivity index (χ2v) is 5.15. The number of nitrogens with zero attached hydrogens (tertiary/aromatic N) is 1. The van der Waals surface area contributed by atoms with E-state index in [0.29, 0.717) is 6.04 Å². The minimum atomic E-state index is -0.380. The molecule has 1 unspecified atom stereocenters. The van der Waals surface area contributed by atoms with Gasteiger partial charge in [-0.15, -0.1) is 0 Å². The summed E-state index contributed by atoms with van der Waals surface area (Å²) in [6, 6.07) is 10.7. The van der Waals surface area contributed by atoms with Crippen LogP contribution in [0.15, 0.2) is 30.3 Å². The molecule has 1 atom stereocenters. The topological polar surface area (TPSA) is 35.5 Å². The van der Waals surface area contributed by atoms with Crippen molar-refractivity contribution in [2.75, 3.05) is 26.7 Å². The first-order chi connectivity index (χ1) is 8.55. The fourth-order valence-electron chi connectivity index (χ4n) is 2.15. The maximum Gasteiger partial charge on any atom is 0.0797 e. The van der Waals surface area contributed by atoms with Crippen molar-refractivity contribution in [3.8, 4) is 0 Å². The lowest BCUT2D eigenvalue weighted by Gasteiger charge is -2.38. The molecule has 0 aliphatic rings. The Bertz CT molecular complexity index is 340. The van der Waals surface area contributed by atoms with Crippen LogP contribution in [0.25, 0.3) is 0 Å². The largest absolute Gasteiger partial charge is 0.394 e. The lowest BCUT2D eigenvalue weighted by molar-refractivity contribution is 0.107. The zero-order chi connectivity index (χ0) is 13.6. The zero-order valence-electron chi connectivity index (χ0n) is 12.0. The van der Waals surface area contributed by atoms with Gasteiger partial charge in [-0.25, -0.2) is 0 Å². The summed E-state index contributed by atoms with van der Waals surface area (Å²) in [5, 5.41) is 13.4. The summed E-state index contributed by atoms with van der Waals surface area (Å²) in [5.74, 6) is 0. The average molecular weight is 250 g/mol. The van der Waals surface area contributed by atoms with Gasteiger partial charge in [-0.05, 0) is 33.0 Å². The first-order valence-corrected chi connectivity index (χ1v) is 6.67. The van der Waals surface area contributed by atoms with Crippen LogP contribution in [0.2, 0.25) is 0 Å². The Hall–Kier alpha value is -0.900. The third-order valence-electron chi connectivity index (χ3n) is 3.51. The molecule has 0 saturated heterocycles. The van der Waals surface area contributed by atoms with E-state index in [4.69, 9.17) is 0 Å². The van der Waals surface area contributed by atoms with Crippen molar-refractivity contribution in [1.82, 2.24) is 10.2 Å². The Kier molecular flexibility index (Phi) is 5.79. The Morgan fingerprint density at radius 2 is 1.89 bits per heavy atom. The van der Waals surface area contributed by atoms with Gasteiger partial charge in [-0.1, -0.05) is 37.3 Å². The predicted octanol–water partition coefficient (Wildman–Crippen LogP) is 1.82. The number of aliphatic hydroxyl groups is 1. The van der Waals surface area contributed by atoms with Crippen molar-refractivity contribution in [2.45, 2.75) is 32.4 Å². The Morgan fingerprint density at radius 3 is 2.33 bits per heavy atom. The molecule has 0 bridgehead atoms. The van der Waals surface area contributed by atoms with Gasteiger partial charge in [0.1, 0.15) is 0 Å². The number of benzene rings is 1. The minimum absolute atomic E-state index is 0.0991. The summed E-state index contributed by atoms with van der Waals surface area (Å²) in [7, 11) is 2.09. The second-order valence-electron chi connectivity index (χ2n) is 5.15. The smallest absolute Gasteiger partial charge is 0.0797 e. The van der Waals surface area contributed by atoms with Crippen LogP contribution in [0.4, 0.5) is 0 Å². The molecule has 3 heteroatoms. The van der Waals surface area contributed by atoms with Gasteiger partial charge < -0.3 is 15.3 Å². The van der Waals surface area contributed by atoms with Crippen LogP contribution in [0.3, 0.4) is 0 Å². The van der Waals surface area contributed by atoms with Gasteiger partial charge in [0.2, 0.25) is 0 Å². The normalized spacial score (nSPS) is 15.1. The van der Waals surface area contributed by atoms with E-state index in [1.807, 2.05) is 18.2 Å². The molecule has 0 amide bonds. The molecule has 0 aromatic heterocycles. The quantitative estimate of drug-likeness (QED) is 0.775. The summed E-state index contributed by atoms with van der Waals surface area (Å²) < 4.78 is 0. The maximum absolute atomic E-state index is 9.90. The molecule has 0 saturated carbocycles. The van der Waals surface area contributed by atoms with E-state index < -0.39 is 0 Å². The molecule has 0 aliphatic heterocycles.